The predicted octanol–water partition coefficient (Wildman–Crippen LogP) is 5.98. The van der Waals surface area contributed by atoms with Gasteiger partial charge in [-0.15, -0.1) is 0 Å². The van der Waals surface area contributed by atoms with Crippen molar-refractivity contribution in [3.05, 3.63) is 0 Å². The molecule has 1 unspecified atom stereocenters. The lowest BCUT2D eigenvalue weighted by Gasteiger charge is -2.41. The third kappa shape index (κ3) is 9.67. The van der Waals surface area contributed by atoms with Crippen molar-refractivity contribution >= 4 is 34.1 Å². The van der Waals surface area contributed by atoms with E-state index in [0.717, 1.165) is 19.3 Å². The maximum Gasteiger partial charge on any atom is 0.298 e. The summed E-state index contributed by atoms with van der Waals surface area (Å²) in [6, 6.07) is -0.145. The molecule has 0 radical (unpaired) electrons. The first-order chi connectivity index (χ1) is 16.7. The number of hydrogen-bond acceptors (Lipinski definition) is 6. The molecule has 9 heteroatoms. The van der Waals surface area contributed by atoms with Crippen molar-refractivity contribution in [2.75, 3.05) is 26.9 Å². The second-order valence-corrected chi connectivity index (χ2v) is 23.4. The molecule has 0 N–H and O–H groups in total. The largest absolute Gasteiger partial charge is 0.414 e. The molecule has 0 aromatic rings. The fourth-order valence-electron chi connectivity index (χ4n) is 3.95. The molecule has 216 valence electrons. The van der Waals surface area contributed by atoms with Gasteiger partial charge in [-0.05, 0) is 68.4 Å². The number of hydrogen-bond donors (Lipinski definition) is 0. The Hall–Kier alpha value is -0.876. The van der Waals surface area contributed by atoms with Gasteiger partial charge in [0.2, 0.25) is 5.78 Å². The summed E-state index contributed by atoms with van der Waals surface area (Å²) in [4.78, 5) is 40.4. The summed E-state index contributed by atoms with van der Waals surface area (Å²) < 4.78 is 18.5. The van der Waals surface area contributed by atoms with Gasteiger partial charge in [0.1, 0.15) is 0 Å². The Bertz CT molecular complexity index is 783. The van der Waals surface area contributed by atoms with Gasteiger partial charge in [-0.3, -0.25) is 14.4 Å². The topological polar surface area (TPSA) is 82.1 Å². The lowest BCUT2D eigenvalue weighted by atomic mass is 9.94. The Kier molecular flexibility index (Phi) is 12.4. The lowest BCUT2D eigenvalue weighted by molar-refractivity contribution is -0.153. The Morgan fingerprint density at radius 3 is 2.00 bits per heavy atom. The molecule has 0 saturated carbocycles. The van der Waals surface area contributed by atoms with E-state index in [1.165, 1.54) is 4.90 Å². The van der Waals surface area contributed by atoms with E-state index in [1.807, 2.05) is 0 Å². The summed E-state index contributed by atoms with van der Waals surface area (Å²) in [5.74, 6) is -2.76. The second-order valence-electron chi connectivity index (χ2n) is 13.8. The van der Waals surface area contributed by atoms with Crippen LogP contribution in [0.25, 0.3) is 0 Å². The lowest BCUT2D eigenvalue weighted by Crippen LogP contribution is -2.50. The summed E-state index contributed by atoms with van der Waals surface area (Å²) in [6.45, 7) is 25.2. The number of likely N-dealkylation sites (tertiary alicyclic amines) is 1. The maximum atomic E-state index is 13.0. The molecule has 1 amide bonds. The van der Waals surface area contributed by atoms with E-state index in [-0.39, 0.29) is 22.2 Å². The van der Waals surface area contributed by atoms with Crippen molar-refractivity contribution in [3.8, 4) is 0 Å². The molecule has 7 nitrogen and oxygen atoms in total. The van der Waals surface area contributed by atoms with Crippen molar-refractivity contribution < 1.29 is 28.0 Å². The van der Waals surface area contributed by atoms with Gasteiger partial charge in [0, 0.05) is 19.6 Å². The predicted molar refractivity (Wildman–Crippen MR) is 155 cm³/mol. The van der Waals surface area contributed by atoms with Crippen LogP contribution in [-0.2, 0) is 28.0 Å². The third-order valence-corrected chi connectivity index (χ3v) is 17.8. The normalized spacial score (nSPS) is 19.5. The molecule has 1 fully saturated rings. The number of amides is 1. The van der Waals surface area contributed by atoms with Gasteiger partial charge in [-0.2, -0.15) is 0 Å². The van der Waals surface area contributed by atoms with Gasteiger partial charge in [-0.25, -0.2) is 0 Å². The van der Waals surface area contributed by atoms with E-state index in [9.17, 15) is 14.4 Å². The summed E-state index contributed by atoms with van der Waals surface area (Å²) in [6.07, 6.45) is 3.53. The number of rotatable bonds is 13. The van der Waals surface area contributed by atoms with E-state index in [2.05, 4.69) is 67.7 Å². The Morgan fingerprint density at radius 2 is 1.49 bits per heavy atom. The van der Waals surface area contributed by atoms with Crippen molar-refractivity contribution in [2.45, 2.75) is 129 Å². The van der Waals surface area contributed by atoms with Crippen molar-refractivity contribution in [3.63, 3.8) is 0 Å². The quantitative estimate of drug-likeness (QED) is 0.157. The average Bonchev–Trinajstić information content (AvgIpc) is 2.78. The highest BCUT2D eigenvalue weighted by Gasteiger charge is 2.42. The first kappa shape index (κ1) is 34.2. The van der Waals surface area contributed by atoms with Crippen LogP contribution in [0.4, 0.5) is 0 Å². The van der Waals surface area contributed by atoms with Gasteiger partial charge in [-0.1, -0.05) is 48.5 Å². The Labute approximate surface area is 228 Å². The fraction of sp³-hybridized carbons (Fsp3) is 0.893. The van der Waals surface area contributed by atoms with Crippen LogP contribution in [0, 0.1) is 5.92 Å². The number of methoxy groups -OCH3 is 1. The molecule has 1 rings (SSSR count). The van der Waals surface area contributed by atoms with E-state index < -0.39 is 40.0 Å². The van der Waals surface area contributed by atoms with E-state index in [4.69, 9.17) is 13.6 Å². The van der Waals surface area contributed by atoms with Crippen LogP contribution in [0.15, 0.2) is 0 Å². The van der Waals surface area contributed by atoms with Crippen LogP contribution in [0.3, 0.4) is 0 Å². The zero-order valence-corrected chi connectivity index (χ0v) is 27.8. The Balaban J connectivity index is 2.91. The van der Waals surface area contributed by atoms with E-state index in [1.54, 1.807) is 14.0 Å². The van der Waals surface area contributed by atoms with Crippen LogP contribution >= 0.6 is 0 Å². The Morgan fingerprint density at radius 1 is 0.919 bits per heavy atom. The number of nitrogens with zero attached hydrogens (tertiary/aromatic N) is 1. The number of carbonyl (C=O) groups excluding carboxylic acids is 3. The number of ether oxygens (including phenoxy) is 1. The van der Waals surface area contributed by atoms with Crippen LogP contribution in [-0.4, -0.2) is 78.0 Å². The van der Waals surface area contributed by atoms with Gasteiger partial charge in [0.15, 0.2) is 16.6 Å². The number of carbonyl (C=O) groups is 3. The van der Waals surface area contributed by atoms with Crippen molar-refractivity contribution in [1.29, 1.82) is 0 Å². The highest BCUT2D eigenvalue weighted by atomic mass is 28.4. The second kappa shape index (κ2) is 13.5. The monoisotopic (exact) mass is 557 g/mol. The number of Topliss-reactive ketones (excluding diaryl/α,β-unsaturated/α-hetero) is 2. The zero-order chi connectivity index (χ0) is 28.8. The van der Waals surface area contributed by atoms with Crippen LogP contribution in [0.2, 0.25) is 36.3 Å². The SMILES string of the molecule is COC[C@@H]1CCCCN1C(=O)C(=O)C(=O)C(C)CC[C@@H](CO[Si](C)(C)C(C)(C)C)O[Si](C)(C)C(C)(C)C. The fourth-order valence-corrected chi connectivity index (χ4v) is 6.36. The van der Waals surface area contributed by atoms with Crippen molar-refractivity contribution in [1.82, 2.24) is 4.90 Å². The minimum Gasteiger partial charge on any atom is -0.414 e. The van der Waals surface area contributed by atoms with Gasteiger partial charge < -0.3 is 18.5 Å². The van der Waals surface area contributed by atoms with Crippen LogP contribution in [0.5, 0.6) is 0 Å². The van der Waals surface area contributed by atoms with Crippen LogP contribution in [0.1, 0.15) is 80.6 Å². The third-order valence-electron chi connectivity index (χ3n) is 8.74. The highest BCUT2D eigenvalue weighted by Crippen LogP contribution is 2.39. The molecule has 1 heterocycles. The summed E-state index contributed by atoms with van der Waals surface area (Å²) >= 11 is 0. The molecule has 0 spiro atoms. The summed E-state index contributed by atoms with van der Waals surface area (Å²) in [5.41, 5.74) is 0. The minimum absolute atomic E-state index is 0.0409. The molecule has 1 aliphatic heterocycles. The molecule has 0 aromatic heterocycles. The molecule has 0 aromatic carbocycles. The average molecular weight is 558 g/mol. The molecular weight excluding hydrogens is 502 g/mol. The zero-order valence-electron chi connectivity index (χ0n) is 25.8. The van der Waals surface area contributed by atoms with E-state index in [0.29, 0.717) is 32.6 Å². The molecular formula is C28H55NO6Si2. The molecule has 0 bridgehead atoms. The summed E-state index contributed by atoms with van der Waals surface area (Å²) in [5, 5.41) is 0.124. The molecule has 1 aliphatic rings. The molecule has 3 atom stereocenters. The standard InChI is InChI=1S/C28H55NO6Si2/c1-21(24(30)25(31)26(32)29-18-14-13-15-22(29)19-33-8)16-17-23(35-37(11,12)28(5,6)7)20-34-36(9,10)27(2,3)4/h21-23H,13-20H2,1-12H3/t21?,22-,23-/m0/s1. The van der Waals surface area contributed by atoms with Crippen LogP contribution < -0.4 is 0 Å². The van der Waals surface area contributed by atoms with E-state index >= 15 is 0 Å². The number of ketones is 2. The smallest absolute Gasteiger partial charge is 0.298 e. The maximum absolute atomic E-state index is 13.0. The van der Waals surface area contributed by atoms with Crippen molar-refractivity contribution in [2.24, 2.45) is 5.92 Å². The summed E-state index contributed by atoms with van der Waals surface area (Å²) in [7, 11) is -2.47. The van der Waals surface area contributed by atoms with Gasteiger partial charge in [0.25, 0.3) is 11.7 Å². The van der Waals surface area contributed by atoms with Gasteiger partial charge in [0.05, 0.1) is 25.4 Å². The van der Waals surface area contributed by atoms with Gasteiger partial charge >= 0.3 is 0 Å². The first-order valence-corrected chi connectivity index (χ1v) is 19.8. The highest BCUT2D eigenvalue weighted by molar-refractivity contribution is 6.74. The first-order valence-electron chi connectivity index (χ1n) is 13.9. The molecule has 1 saturated heterocycles. The molecule has 37 heavy (non-hydrogen) atoms. The number of piperidine rings is 1. The molecule has 0 aliphatic carbocycles. The minimum atomic E-state index is -2.08.